The summed E-state index contributed by atoms with van der Waals surface area (Å²) in [6, 6.07) is 0.550. The molecule has 0 aromatic heterocycles. The molecule has 1 heterocycles. The Morgan fingerprint density at radius 1 is 1.25 bits per heavy atom. The highest BCUT2D eigenvalue weighted by atomic mass is 16.5. The summed E-state index contributed by atoms with van der Waals surface area (Å²) < 4.78 is 7.33. The molecule has 1 saturated heterocycles. The van der Waals surface area contributed by atoms with Crippen molar-refractivity contribution in [2.24, 2.45) is 0 Å². The number of likely N-dealkylation sites (N-methyl/N-ethyl adjacent to an activating group) is 2. The Morgan fingerprint density at radius 3 is 2.40 bits per heavy atom. The Balaban J connectivity index is 2.50. The first kappa shape index (κ1) is 17.4. The van der Waals surface area contributed by atoms with Crippen molar-refractivity contribution in [3.8, 4) is 0 Å². The Morgan fingerprint density at radius 2 is 1.85 bits per heavy atom. The highest BCUT2D eigenvalue weighted by Crippen LogP contribution is 2.28. The lowest BCUT2D eigenvalue weighted by molar-refractivity contribution is -0.934. The molecule has 0 aliphatic carbocycles. The molecule has 4 nitrogen and oxygen atoms in total. The minimum Gasteiger partial charge on any atom is -0.455 e. The van der Waals surface area contributed by atoms with Crippen molar-refractivity contribution >= 4 is 5.97 Å². The van der Waals surface area contributed by atoms with Gasteiger partial charge in [0, 0.05) is 6.42 Å². The Kier molecular flexibility index (Phi) is 6.02. The summed E-state index contributed by atoms with van der Waals surface area (Å²) in [6.07, 6.45) is 3.31. The number of nitrogens with zero attached hydrogens (tertiary/aromatic N) is 2. The van der Waals surface area contributed by atoms with E-state index < -0.39 is 0 Å². The molecule has 0 N–H and O–H groups in total. The van der Waals surface area contributed by atoms with Gasteiger partial charge in [0.05, 0.1) is 40.3 Å². The molecule has 4 heteroatoms. The fourth-order valence-electron chi connectivity index (χ4n) is 2.97. The molecule has 0 saturated carbocycles. The summed E-state index contributed by atoms with van der Waals surface area (Å²) in [5.74, 6) is 0.000283. The van der Waals surface area contributed by atoms with Crippen molar-refractivity contribution in [3.05, 3.63) is 0 Å². The Hall–Kier alpha value is -0.610. The van der Waals surface area contributed by atoms with E-state index in [1.165, 1.54) is 6.42 Å². The SMILES string of the molecule is CC[N+](C)(CC)CCOC(=O)[C@H]1CCC[C@@H](C)[N+]1(C)C. The largest absolute Gasteiger partial charge is 0.455 e. The number of esters is 1. The molecule has 1 fully saturated rings. The van der Waals surface area contributed by atoms with E-state index in [-0.39, 0.29) is 12.0 Å². The van der Waals surface area contributed by atoms with Gasteiger partial charge in [0.15, 0.2) is 6.04 Å². The third kappa shape index (κ3) is 3.95. The molecule has 0 radical (unpaired) electrons. The average molecular weight is 286 g/mol. The van der Waals surface area contributed by atoms with Gasteiger partial charge in [-0.25, -0.2) is 4.79 Å². The van der Waals surface area contributed by atoms with E-state index in [2.05, 4.69) is 41.9 Å². The number of likely N-dealkylation sites (tertiary alicyclic amines) is 1. The summed E-state index contributed by atoms with van der Waals surface area (Å²) in [5.41, 5.74) is 0. The van der Waals surface area contributed by atoms with Crippen LogP contribution in [0.4, 0.5) is 0 Å². The highest BCUT2D eigenvalue weighted by Gasteiger charge is 2.42. The van der Waals surface area contributed by atoms with Crippen molar-refractivity contribution in [3.63, 3.8) is 0 Å². The zero-order chi connectivity index (χ0) is 15.4. The number of hydrogen-bond donors (Lipinski definition) is 0. The van der Waals surface area contributed by atoms with E-state index in [1.54, 1.807) is 0 Å². The maximum atomic E-state index is 12.4. The molecule has 1 rings (SSSR count). The van der Waals surface area contributed by atoms with Crippen molar-refractivity contribution in [1.29, 1.82) is 0 Å². The molecule has 0 spiro atoms. The molecule has 0 unspecified atom stereocenters. The first-order chi connectivity index (χ1) is 9.27. The maximum Gasteiger partial charge on any atom is 0.365 e. The molecule has 118 valence electrons. The lowest BCUT2D eigenvalue weighted by Crippen LogP contribution is -2.60. The van der Waals surface area contributed by atoms with Gasteiger partial charge < -0.3 is 13.7 Å². The summed E-state index contributed by atoms with van der Waals surface area (Å²) in [6.45, 7) is 10.2. The number of hydrogen-bond acceptors (Lipinski definition) is 2. The lowest BCUT2D eigenvalue weighted by atomic mass is 9.94. The first-order valence-corrected chi connectivity index (χ1v) is 8.10. The number of quaternary nitrogens is 2. The van der Waals surface area contributed by atoms with Gasteiger partial charge in [0.1, 0.15) is 13.2 Å². The van der Waals surface area contributed by atoms with Crippen LogP contribution in [0.3, 0.4) is 0 Å². The maximum absolute atomic E-state index is 12.4. The van der Waals surface area contributed by atoms with Gasteiger partial charge in [-0.15, -0.1) is 0 Å². The number of piperidine rings is 1. The summed E-state index contributed by atoms with van der Waals surface area (Å²) in [5, 5.41) is 0. The van der Waals surface area contributed by atoms with E-state index in [0.717, 1.165) is 41.4 Å². The number of ether oxygens (including phenoxy) is 1. The second-order valence-corrected chi connectivity index (χ2v) is 7.07. The molecule has 0 aromatic carbocycles. The van der Waals surface area contributed by atoms with E-state index in [4.69, 9.17) is 4.74 Å². The fourth-order valence-corrected chi connectivity index (χ4v) is 2.97. The quantitative estimate of drug-likeness (QED) is 0.552. The standard InChI is InChI=1S/C16H34N2O2/c1-7-18(6,8-2)12-13-20-16(19)15-11-9-10-14(3)17(15,4)5/h14-15H,7-13H2,1-6H3/q+2/t14-,15-/m1/s1. The van der Waals surface area contributed by atoms with Gasteiger partial charge in [-0.2, -0.15) is 0 Å². The monoisotopic (exact) mass is 286 g/mol. The Labute approximate surface area is 124 Å². The van der Waals surface area contributed by atoms with Crippen LogP contribution in [-0.4, -0.2) is 74.4 Å². The molecular formula is C16H34N2O2+2. The average Bonchev–Trinajstić information content (AvgIpc) is 2.41. The van der Waals surface area contributed by atoms with Crippen LogP contribution in [0.1, 0.15) is 40.0 Å². The topological polar surface area (TPSA) is 26.3 Å². The molecule has 1 aliphatic heterocycles. The molecular weight excluding hydrogens is 252 g/mol. The van der Waals surface area contributed by atoms with E-state index in [1.807, 2.05) is 0 Å². The summed E-state index contributed by atoms with van der Waals surface area (Å²) >= 11 is 0. The predicted octanol–water partition coefficient (Wildman–Crippen LogP) is 2.03. The van der Waals surface area contributed by atoms with E-state index >= 15 is 0 Å². The van der Waals surface area contributed by atoms with Crippen LogP contribution in [0.2, 0.25) is 0 Å². The molecule has 2 atom stereocenters. The van der Waals surface area contributed by atoms with Crippen LogP contribution in [0, 0.1) is 0 Å². The Bertz CT molecular complexity index is 324. The van der Waals surface area contributed by atoms with Gasteiger partial charge in [-0.05, 0) is 33.6 Å². The zero-order valence-electron chi connectivity index (χ0n) is 14.3. The second kappa shape index (κ2) is 6.90. The van der Waals surface area contributed by atoms with Crippen molar-refractivity contribution < 1.29 is 18.5 Å². The van der Waals surface area contributed by atoms with Crippen LogP contribution in [-0.2, 0) is 9.53 Å². The lowest BCUT2D eigenvalue weighted by Gasteiger charge is -2.45. The van der Waals surface area contributed by atoms with Crippen LogP contribution >= 0.6 is 0 Å². The summed E-state index contributed by atoms with van der Waals surface area (Å²) in [4.78, 5) is 12.4. The van der Waals surface area contributed by atoms with Crippen LogP contribution < -0.4 is 0 Å². The number of carbonyl (C=O) groups excluding carboxylic acids is 1. The van der Waals surface area contributed by atoms with Crippen LogP contribution in [0.25, 0.3) is 0 Å². The normalized spacial score (nSPS) is 26.3. The predicted molar refractivity (Wildman–Crippen MR) is 82.3 cm³/mol. The summed E-state index contributed by atoms with van der Waals surface area (Å²) in [7, 11) is 6.54. The highest BCUT2D eigenvalue weighted by molar-refractivity contribution is 5.74. The number of rotatable bonds is 6. The van der Waals surface area contributed by atoms with Crippen LogP contribution in [0.5, 0.6) is 0 Å². The second-order valence-electron chi connectivity index (χ2n) is 7.07. The first-order valence-electron chi connectivity index (χ1n) is 8.10. The van der Waals surface area contributed by atoms with E-state index in [0.29, 0.717) is 12.6 Å². The van der Waals surface area contributed by atoms with Crippen molar-refractivity contribution in [2.75, 3.05) is 47.4 Å². The number of carbonyl (C=O) groups is 1. The third-order valence-corrected chi connectivity index (χ3v) is 5.71. The molecule has 0 aromatic rings. The van der Waals surface area contributed by atoms with Crippen molar-refractivity contribution in [1.82, 2.24) is 0 Å². The zero-order valence-corrected chi connectivity index (χ0v) is 14.3. The van der Waals surface area contributed by atoms with Crippen LogP contribution in [0.15, 0.2) is 0 Å². The fraction of sp³-hybridized carbons (Fsp3) is 0.938. The molecule has 20 heavy (non-hydrogen) atoms. The van der Waals surface area contributed by atoms with Gasteiger partial charge in [0.25, 0.3) is 0 Å². The molecule has 0 amide bonds. The van der Waals surface area contributed by atoms with Gasteiger partial charge >= 0.3 is 5.97 Å². The smallest absolute Gasteiger partial charge is 0.365 e. The van der Waals surface area contributed by atoms with Gasteiger partial charge in [-0.3, -0.25) is 0 Å². The van der Waals surface area contributed by atoms with Crippen molar-refractivity contribution in [2.45, 2.75) is 52.1 Å². The minimum atomic E-state index is 0.000283. The molecule has 0 bridgehead atoms. The van der Waals surface area contributed by atoms with Gasteiger partial charge in [0.2, 0.25) is 0 Å². The van der Waals surface area contributed by atoms with Gasteiger partial charge in [-0.1, -0.05) is 0 Å². The molecule has 1 aliphatic rings. The third-order valence-electron chi connectivity index (χ3n) is 5.71. The minimum absolute atomic E-state index is 0.000283. The van der Waals surface area contributed by atoms with E-state index in [9.17, 15) is 4.79 Å².